The van der Waals surface area contributed by atoms with Crippen molar-refractivity contribution in [2.75, 3.05) is 23.2 Å². The van der Waals surface area contributed by atoms with Crippen molar-refractivity contribution in [3.8, 4) is 5.75 Å². The van der Waals surface area contributed by atoms with Gasteiger partial charge in [-0.3, -0.25) is 4.31 Å². The van der Waals surface area contributed by atoms with Gasteiger partial charge in [0.25, 0.3) is 0 Å². The van der Waals surface area contributed by atoms with E-state index in [0.29, 0.717) is 23.7 Å². The first-order chi connectivity index (χ1) is 13.7. The topological polar surface area (TPSA) is 92.8 Å². The second-order valence-corrected chi connectivity index (χ2v) is 10.8. The lowest BCUT2D eigenvalue weighted by Gasteiger charge is -2.28. The molecular weight excluding hydrogens is 436 g/mol. The van der Waals surface area contributed by atoms with Crippen molar-refractivity contribution in [3.63, 3.8) is 0 Å². The minimum atomic E-state index is -3.95. The molecule has 7 nitrogen and oxygen atoms in total. The van der Waals surface area contributed by atoms with Crippen LogP contribution in [0.25, 0.3) is 0 Å². The van der Waals surface area contributed by atoms with E-state index in [2.05, 4.69) is 4.72 Å². The van der Waals surface area contributed by atoms with Gasteiger partial charge in [-0.1, -0.05) is 23.7 Å². The van der Waals surface area contributed by atoms with Crippen LogP contribution >= 0.6 is 11.6 Å². The summed E-state index contributed by atoms with van der Waals surface area (Å²) in [6.07, 6.45) is 1.33. The summed E-state index contributed by atoms with van der Waals surface area (Å²) in [5.74, 6) is 0.228. The summed E-state index contributed by atoms with van der Waals surface area (Å²) in [6, 6.07) is 11.2. The number of benzene rings is 2. The van der Waals surface area contributed by atoms with Crippen LogP contribution in [0.5, 0.6) is 5.75 Å². The first-order valence-corrected chi connectivity index (χ1v) is 12.7. The largest absolute Gasteiger partial charge is 0.492 e. The molecule has 1 N–H and O–H groups in total. The molecule has 0 aromatic heterocycles. The van der Waals surface area contributed by atoms with Crippen LogP contribution < -0.4 is 13.8 Å². The summed E-state index contributed by atoms with van der Waals surface area (Å²) in [5, 5.41) is 0.561. The highest BCUT2D eigenvalue weighted by Crippen LogP contribution is 2.32. The Bertz CT molecular complexity index is 1070. The number of hydrogen-bond acceptors (Lipinski definition) is 5. The van der Waals surface area contributed by atoms with Crippen LogP contribution in [-0.2, 0) is 26.6 Å². The van der Waals surface area contributed by atoms with Gasteiger partial charge in [-0.2, -0.15) is 0 Å². The fourth-order valence-electron chi connectivity index (χ4n) is 3.07. The third-order valence-corrected chi connectivity index (χ3v) is 8.08. The van der Waals surface area contributed by atoms with Crippen molar-refractivity contribution >= 4 is 37.3 Å². The third-order valence-electron chi connectivity index (χ3n) is 4.53. The predicted octanol–water partition coefficient (Wildman–Crippen LogP) is 3.15. The molecule has 1 heterocycles. The van der Waals surface area contributed by atoms with E-state index in [9.17, 15) is 16.8 Å². The van der Waals surface area contributed by atoms with Crippen LogP contribution in [0.3, 0.4) is 0 Å². The molecule has 0 aliphatic carbocycles. The lowest BCUT2D eigenvalue weighted by atomic mass is 10.2. The highest BCUT2D eigenvalue weighted by atomic mass is 35.5. The van der Waals surface area contributed by atoms with E-state index < -0.39 is 20.0 Å². The van der Waals surface area contributed by atoms with Crippen LogP contribution in [0, 0.1) is 0 Å². The number of ether oxygens (including phenoxy) is 1. The van der Waals surface area contributed by atoms with Crippen molar-refractivity contribution in [2.45, 2.75) is 31.2 Å². The molecule has 0 amide bonds. The summed E-state index contributed by atoms with van der Waals surface area (Å²) in [5.41, 5.74) is 1.06. The molecule has 1 fully saturated rings. The molecule has 0 bridgehead atoms. The van der Waals surface area contributed by atoms with Crippen molar-refractivity contribution < 1.29 is 21.6 Å². The van der Waals surface area contributed by atoms with Gasteiger partial charge in [-0.05, 0) is 55.7 Å². The van der Waals surface area contributed by atoms with Crippen LogP contribution in [0.4, 0.5) is 5.69 Å². The van der Waals surface area contributed by atoms with Crippen molar-refractivity contribution in [1.29, 1.82) is 0 Å². The molecule has 0 saturated carbocycles. The molecule has 2 aromatic carbocycles. The number of nitrogens with one attached hydrogen (secondary N) is 1. The summed E-state index contributed by atoms with van der Waals surface area (Å²) in [6.45, 7) is 2.42. The zero-order valence-corrected chi connectivity index (χ0v) is 18.4. The predicted molar refractivity (Wildman–Crippen MR) is 113 cm³/mol. The Labute approximate surface area is 176 Å². The van der Waals surface area contributed by atoms with Crippen LogP contribution in [0.2, 0.25) is 5.02 Å². The van der Waals surface area contributed by atoms with E-state index in [1.165, 1.54) is 16.4 Å². The van der Waals surface area contributed by atoms with Gasteiger partial charge in [0, 0.05) is 18.1 Å². The molecule has 1 aliphatic heterocycles. The quantitative estimate of drug-likeness (QED) is 0.688. The Balaban J connectivity index is 1.93. The monoisotopic (exact) mass is 458 g/mol. The number of halogens is 1. The van der Waals surface area contributed by atoms with Crippen molar-refractivity contribution in [2.24, 2.45) is 0 Å². The molecule has 158 valence electrons. The summed E-state index contributed by atoms with van der Waals surface area (Å²) < 4.78 is 60.1. The minimum absolute atomic E-state index is 0.0527. The van der Waals surface area contributed by atoms with Gasteiger partial charge >= 0.3 is 0 Å². The van der Waals surface area contributed by atoms with E-state index in [0.717, 1.165) is 12.0 Å². The summed E-state index contributed by atoms with van der Waals surface area (Å²) in [4.78, 5) is -0.0911. The number of anilines is 1. The Morgan fingerprint density at radius 2 is 1.86 bits per heavy atom. The lowest BCUT2D eigenvalue weighted by Crippen LogP contribution is -2.38. The summed E-state index contributed by atoms with van der Waals surface area (Å²) in [7, 11) is -7.41. The second kappa shape index (κ2) is 8.91. The molecule has 0 radical (unpaired) electrons. The van der Waals surface area contributed by atoms with Crippen LogP contribution in [0.15, 0.2) is 47.4 Å². The van der Waals surface area contributed by atoms with Gasteiger partial charge in [0.1, 0.15) is 10.6 Å². The number of hydrogen-bond donors (Lipinski definition) is 1. The Morgan fingerprint density at radius 3 is 2.52 bits per heavy atom. The molecule has 29 heavy (non-hydrogen) atoms. The maximum Gasteiger partial charge on any atom is 0.244 e. The van der Waals surface area contributed by atoms with Gasteiger partial charge in [0.2, 0.25) is 20.0 Å². The SMILES string of the molecule is CCOc1ccc(N2CCCCS2(=O)=O)cc1S(=O)(=O)NCc1ccc(Cl)cc1. The van der Waals surface area contributed by atoms with Gasteiger partial charge in [0.05, 0.1) is 18.0 Å². The standard InChI is InChI=1S/C19H23ClN2O5S2/c1-2-27-18-10-9-17(22-11-3-4-12-28(22,23)24)13-19(18)29(25,26)21-14-15-5-7-16(20)8-6-15/h5-10,13,21H,2-4,11-12,14H2,1H3. The fourth-order valence-corrected chi connectivity index (χ4v) is 6.01. The average molecular weight is 459 g/mol. The van der Waals surface area contributed by atoms with Crippen LogP contribution in [-0.4, -0.2) is 35.7 Å². The average Bonchev–Trinajstić information content (AvgIpc) is 2.68. The van der Waals surface area contributed by atoms with Crippen LogP contribution in [0.1, 0.15) is 25.3 Å². The van der Waals surface area contributed by atoms with Gasteiger partial charge in [-0.15, -0.1) is 0 Å². The maximum absolute atomic E-state index is 13.0. The van der Waals surface area contributed by atoms with Crippen molar-refractivity contribution in [1.82, 2.24) is 4.72 Å². The lowest BCUT2D eigenvalue weighted by molar-refractivity contribution is 0.331. The molecule has 0 atom stereocenters. The second-order valence-electron chi connectivity index (χ2n) is 6.61. The first-order valence-electron chi connectivity index (χ1n) is 9.24. The highest BCUT2D eigenvalue weighted by Gasteiger charge is 2.28. The fraction of sp³-hybridized carbons (Fsp3) is 0.368. The molecule has 0 unspecified atom stereocenters. The first kappa shape index (κ1) is 21.9. The van der Waals surface area contributed by atoms with E-state index in [1.54, 1.807) is 37.3 Å². The molecule has 1 aliphatic rings. The Morgan fingerprint density at radius 1 is 1.14 bits per heavy atom. The van der Waals surface area contributed by atoms with E-state index in [-0.39, 0.29) is 29.5 Å². The smallest absolute Gasteiger partial charge is 0.244 e. The highest BCUT2D eigenvalue weighted by molar-refractivity contribution is 7.92. The van der Waals surface area contributed by atoms with E-state index in [1.807, 2.05) is 0 Å². The Hall–Kier alpha value is -1.81. The third kappa shape index (κ3) is 5.22. The Kier molecular flexibility index (Phi) is 6.72. The normalized spacial score (nSPS) is 16.6. The minimum Gasteiger partial charge on any atom is -0.492 e. The van der Waals surface area contributed by atoms with E-state index >= 15 is 0 Å². The zero-order valence-electron chi connectivity index (χ0n) is 16.0. The molecule has 1 saturated heterocycles. The van der Waals surface area contributed by atoms with Crippen molar-refractivity contribution in [3.05, 3.63) is 53.1 Å². The molecule has 0 spiro atoms. The molecule has 10 heteroatoms. The van der Waals surface area contributed by atoms with Gasteiger partial charge in [0.15, 0.2) is 0 Å². The van der Waals surface area contributed by atoms with Gasteiger partial charge in [-0.25, -0.2) is 21.6 Å². The zero-order chi connectivity index (χ0) is 21.1. The number of sulfonamides is 2. The van der Waals surface area contributed by atoms with E-state index in [4.69, 9.17) is 16.3 Å². The summed E-state index contributed by atoms with van der Waals surface area (Å²) >= 11 is 5.86. The maximum atomic E-state index is 13.0. The van der Waals surface area contributed by atoms with Gasteiger partial charge < -0.3 is 4.74 Å². The molecule has 2 aromatic rings. The molecule has 3 rings (SSSR count). The molecular formula is C19H23ClN2O5S2. The number of nitrogens with zero attached hydrogens (tertiary/aromatic N) is 1. The number of rotatable bonds is 7.